The minimum absolute atomic E-state index is 0. The van der Waals surface area contributed by atoms with Crippen molar-refractivity contribution in [3.8, 4) is 11.5 Å². The summed E-state index contributed by atoms with van der Waals surface area (Å²) in [5.41, 5.74) is 2.87. The van der Waals surface area contributed by atoms with E-state index in [1.807, 2.05) is 0 Å². The number of nitrogens with zero attached hydrogens (tertiary/aromatic N) is 1. The van der Waals surface area contributed by atoms with Crippen LogP contribution < -0.4 is 9.47 Å². The molecule has 5 rings (SSSR count). The number of hydrogen-bond acceptors (Lipinski definition) is 4. The number of rotatable bonds is 0. The summed E-state index contributed by atoms with van der Waals surface area (Å²) in [5.74, 6) is 3.29. The first-order valence-electron chi connectivity index (χ1n) is 8.62. The molecule has 0 bridgehead atoms. The van der Waals surface area contributed by atoms with Gasteiger partial charge in [-0.3, -0.25) is 4.90 Å². The second-order valence-corrected chi connectivity index (χ2v) is 7.39. The van der Waals surface area contributed by atoms with E-state index in [0.717, 1.165) is 43.2 Å². The third kappa shape index (κ3) is 2.51. The normalized spacial score (nSPS) is 34.8. The molecule has 1 N–H and O–H groups in total. The van der Waals surface area contributed by atoms with Crippen LogP contribution in [0, 0.1) is 11.8 Å². The first-order chi connectivity index (χ1) is 10.8. The van der Waals surface area contributed by atoms with E-state index in [1.54, 1.807) is 0 Å². The molecule has 0 unspecified atom stereocenters. The van der Waals surface area contributed by atoms with Crippen LogP contribution in [-0.2, 0) is 6.42 Å². The van der Waals surface area contributed by atoms with E-state index in [1.165, 1.54) is 30.5 Å². The third-order valence-corrected chi connectivity index (χ3v) is 6.21. The monoisotopic (exact) mass is 337 g/mol. The van der Waals surface area contributed by atoms with Crippen LogP contribution in [0.1, 0.15) is 42.9 Å². The van der Waals surface area contributed by atoms with Crippen molar-refractivity contribution >= 4 is 12.4 Å². The molecule has 0 spiro atoms. The Morgan fingerprint density at radius 3 is 2.74 bits per heavy atom. The van der Waals surface area contributed by atoms with Crippen LogP contribution in [0.5, 0.6) is 11.5 Å². The Morgan fingerprint density at radius 2 is 1.87 bits per heavy atom. The van der Waals surface area contributed by atoms with Gasteiger partial charge in [0, 0.05) is 19.1 Å². The first-order valence-corrected chi connectivity index (χ1v) is 8.62. The highest BCUT2D eigenvalue weighted by Crippen LogP contribution is 2.48. The minimum Gasteiger partial charge on any atom is -0.454 e. The maximum Gasteiger partial charge on any atom is 0.231 e. The predicted octanol–water partition coefficient (Wildman–Crippen LogP) is 2.92. The summed E-state index contributed by atoms with van der Waals surface area (Å²) >= 11 is 0. The molecule has 3 aliphatic heterocycles. The molecule has 1 aliphatic carbocycles. The highest BCUT2D eigenvalue weighted by molar-refractivity contribution is 5.85. The van der Waals surface area contributed by atoms with Crippen molar-refractivity contribution in [1.29, 1.82) is 0 Å². The van der Waals surface area contributed by atoms with Crippen molar-refractivity contribution in [1.82, 2.24) is 4.90 Å². The van der Waals surface area contributed by atoms with Gasteiger partial charge in [0.2, 0.25) is 6.79 Å². The summed E-state index contributed by atoms with van der Waals surface area (Å²) in [4.78, 5) is 2.67. The van der Waals surface area contributed by atoms with Gasteiger partial charge in [0.05, 0.1) is 6.10 Å². The quantitative estimate of drug-likeness (QED) is 0.790. The van der Waals surface area contributed by atoms with Crippen LogP contribution in [0.15, 0.2) is 12.1 Å². The molecular formula is C18H24ClNO3. The molecule has 2 fully saturated rings. The Kier molecular flexibility index (Phi) is 3.94. The van der Waals surface area contributed by atoms with E-state index in [2.05, 4.69) is 17.0 Å². The molecule has 0 aromatic heterocycles. The molecule has 1 aromatic carbocycles. The van der Waals surface area contributed by atoms with Crippen LogP contribution in [0.3, 0.4) is 0 Å². The summed E-state index contributed by atoms with van der Waals surface area (Å²) in [6.07, 6.45) is 5.41. The number of piperidine rings is 1. The average Bonchev–Trinajstić information content (AvgIpc) is 2.98. The summed E-state index contributed by atoms with van der Waals surface area (Å²) in [5, 5.41) is 10.0. The predicted molar refractivity (Wildman–Crippen MR) is 89.3 cm³/mol. The Labute approximate surface area is 143 Å². The maximum absolute atomic E-state index is 10.0. The van der Waals surface area contributed by atoms with Gasteiger partial charge in [0.15, 0.2) is 11.5 Å². The highest BCUT2D eigenvalue weighted by Gasteiger charge is 2.41. The number of fused-ring (bicyclic) bond motifs is 5. The van der Waals surface area contributed by atoms with Crippen molar-refractivity contribution in [2.75, 3.05) is 19.9 Å². The van der Waals surface area contributed by atoms with Gasteiger partial charge >= 0.3 is 0 Å². The molecule has 0 amide bonds. The van der Waals surface area contributed by atoms with E-state index in [9.17, 15) is 5.11 Å². The number of aliphatic hydroxyl groups is 1. The first kappa shape index (κ1) is 15.6. The number of hydrogen-bond donors (Lipinski definition) is 1. The van der Waals surface area contributed by atoms with Gasteiger partial charge < -0.3 is 14.6 Å². The zero-order valence-electron chi connectivity index (χ0n) is 13.2. The van der Waals surface area contributed by atoms with Gasteiger partial charge in [-0.1, -0.05) is 0 Å². The van der Waals surface area contributed by atoms with Gasteiger partial charge in [-0.2, -0.15) is 0 Å². The molecule has 23 heavy (non-hydrogen) atoms. The van der Waals surface area contributed by atoms with Gasteiger partial charge in [-0.25, -0.2) is 0 Å². The van der Waals surface area contributed by atoms with Gasteiger partial charge in [-0.15, -0.1) is 12.4 Å². The molecular weight excluding hydrogens is 314 g/mol. The van der Waals surface area contributed by atoms with Crippen LogP contribution in [0.25, 0.3) is 0 Å². The van der Waals surface area contributed by atoms with E-state index in [0.29, 0.717) is 18.8 Å². The van der Waals surface area contributed by atoms with Crippen molar-refractivity contribution < 1.29 is 14.6 Å². The van der Waals surface area contributed by atoms with Gasteiger partial charge in [0.1, 0.15) is 0 Å². The van der Waals surface area contributed by atoms with E-state index in [-0.39, 0.29) is 18.5 Å². The summed E-state index contributed by atoms with van der Waals surface area (Å²) in [7, 11) is 0. The van der Waals surface area contributed by atoms with Crippen LogP contribution >= 0.6 is 12.4 Å². The lowest BCUT2D eigenvalue weighted by Crippen LogP contribution is -2.48. The lowest BCUT2D eigenvalue weighted by molar-refractivity contribution is -0.00983. The minimum atomic E-state index is -0.0763. The van der Waals surface area contributed by atoms with Crippen LogP contribution in [-0.4, -0.2) is 36.0 Å². The topological polar surface area (TPSA) is 41.9 Å². The Morgan fingerprint density at radius 1 is 1.04 bits per heavy atom. The number of halogens is 1. The Bertz CT molecular complexity index is 608. The molecule has 1 saturated carbocycles. The molecule has 4 atom stereocenters. The van der Waals surface area contributed by atoms with Crippen molar-refractivity contribution in [2.45, 2.75) is 44.2 Å². The second-order valence-electron chi connectivity index (χ2n) is 7.39. The zero-order chi connectivity index (χ0) is 14.7. The van der Waals surface area contributed by atoms with E-state index >= 15 is 0 Å². The number of benzene rings is 1. The fourth-order valence-electron chi connectivity index (χ4n) is 5.06. The third-order valence-electron chi connectivity index (χ3n) is 6.21. The molecule has 4 nitrogen and oxygen atoms in total. The fourth-order valence-corrected chi connectivity index (χ4v) is 5.06. The molecule has 4 aliphatic rings. The molecule has 1 saturated heterocycles. The second kappa shape index (κ2) is 5.83. The van der Waals surface area contributed by atoms with Crippen LogP contribution in [0.4, 0.5) is 0 Å². The summed E-state index contributed by atoms with van der Waals surface area (Å²) in [6, 6.07) is 4.91. The summed E-state index contributed by atoms with van der Waals surface area (Å²) < 4.78 is 11.1. The van der Waals surface area contributed by atoms with Crippen molar-refractivity contribution in [3.63, 3.8) is 0 Å². The van der Waals surface area contributed by atoms with Gasteiger partial charge in [-0.05, 0) is 67.2 Å². The molecule has 5 heteroatoms. The van der Waals surface area contributed by atoms with Crippen molar-refractivity contribution in [2.24, 2.45) is 11.8 Å². The largest absolute Gasteiger partial charge is 0.454 e. The lowest BCUT2D eigenvalue weighted by Gasteiger charge is -2.49. The lowest BCUT2D eigenvalue weighted by atomic mass is 9.69. The average molecular weight is 338 g/mol. The van der Waals surface area contributed by atoms with Crippen LogP contribution in [0.2, 0.25) is 0 Å². The fraction of sp³-hybridized carbons (Fsp3) is 0.667. The van der Waals surface area contributed by atoms with Gasteiger partial charge in [0.25, 0.3) is 0 Å². The maximum atomic E-state index is 10.0. The SMILES string of the molecule is Cl.O[C@H]1CC[C@@H]2CN3CCc4cc5c(cc4[C@@H]3C[C@@H]2C1)OCO5. The smallest absolute Gasteiger partial charge is 0.231 e. The molecule has 0 radical (unpaired) electrons. The Hall–Kier alpha value is -0.970. The van der Waals surface area contributed by atoms with E-state index < -0.39 is 0 Å². The Balaban J connectivity index is 0.00000135. The molecule has 126 valence electrons. The summed E-state index contributed by atoms with van der Waals surface area (Å²) in [6.45, 7) is 2.71. The molecule has 3 heterocycles. The standard InChI is InChI=1S/C18H23NO3.ClH/c20-14-2-1-12-9-19-4-3-11-7-17-18(22-10-21-17)8-15(11)16(19)6-13(12)5-14;/h7-8,12-14,16,20H,1-6,9-10H2;1H/t12-,13+,14+,16+;/m1./s1. The number of aliphatic hydroxyl groups excluding tert-OH is 1. The highest BCUT2D eigenvalue weighted by atomic mass is 35.5. The van der Waals surface area contributed by atoms with Crippen molar-refractivity contribution in [3.05, 3.63) is 23.3 Å². The zero-order valence-corrected chi connectivity index (χ0v) is 14.1. The molecule has 1 aromatic rings. The van der Waals surface area contributed by atoms with E-state index in [4.69, 9.17) is 9.47 Å². The number of ether oxygens (including phenoxy) is 2.